The molecule has 2 aromatic carbocycles. The van der Waals surface area contributed by atoms with Crippen LogP contribution in [-0.4, -0.2) is 7.11 Å². The zero-order valence-corrected chi connectivity index (χ0v) is 10.9. The number of fused-ring (bicyclic) bond motifs is 1. The highest BCUT2D eigenvalue weighted by Gasteiger charge is 2.38. The highest BCUT2D eigenvalue weighted by atomic mass is 16.5. The van der Waals surface area contributed by atoms with Gasteiger partial charge in [0, 0.05) is 6.04 Å². The molecule has 2 aromatic rings. The Labute approximate surface area is 108 Å². The molecule has 0 heterocycles. The number of rotatable bonds is 3. The summed E-state index contributed by atoms with van der Waals surface area (Å²) in [6.07, 6.45) is 1.27. The van der Waals surface area contributed by atoms with Crippen molar-refractivity contribution in [2.45, 2.75) is 19.4 Å². The van der Waals surface area contributed by atoms with Crippen LogP contribution in [0.25, 0.3) is 10.8 Å². The van der Waals surface area contributed by atoms with Gasteiger partial charge in [-0.25, -0.2) is 0 Å². The van der Waals surface area contributed by atoms with Gasteiger partial charge in [-0.05, 0) is 52.8 Å². The van der Waals surface area contributed by atoms with Crippen LogP contribution < -0.4 is 10.5 Å². The minimum absolute atomic E-state index is 0.187. The summed E-state index contributed by atoms with van der Waals surface area (Å²) in [7, 11) is 1.69. The lowest BCUT2D eigenvalue weighted by Gasteiger charge is -2.12. The van der Waals surface area contributed by atoms with E-state index in [-0.39, 0.29) is 6.04 Å². The van der Waals surface area contributed by atoms with E-state index in [2.05, 4.69) is 37.3 Å². The monoisotopic (exact) mass is 241 g/mol. The topological polar surface area (TPSA) is 35.2 Å². The van der Waals surface area contributed by atoms with Crippen molar-refractivity contribution in [2.24, 2.45) is 17.6 Å². The van der Waals surface area contributed by atoms with E-state index >= 15 is 0 Å². The number of hydrogen-bond donors (Lipinski definition) is 1. The number of methoxy groups -OCH3 is 1. The van der Waals surface area contributed by atoms with E-state index in [1.807, 2.05) is 6.07 Å². The van der Waals surface area contributed by atoms with E-state index in [0.717, 1.165) is 11.7 Å². The Morgan fingerprint density at radius 2 is 1.83 bits per heavy atom. The maximum Gasteiger partial charge on any atom is 0.119 e. The summed E-state index contributed by atoms with van der Waals surface area (Å²) >= 11 is 0. The maximum absolute atomic E-state index is 6.31. The Hall–Kier alpha value is -1.54. The van der Waals surface area contributed by atoms with Crippen molar-refractivity contribution in [3.63, 3.8) is 0 Å². The van der Waals surface area contributed by atoms with Gasteiger partial charge in [0.05, 0.1) is 7.11 Å². The molecule has 3 atom stereocenters. The van der Waals surface area contributed by atoms with E-state index in [1.54, 1.807) is 7.11 Å². The molecule has 18 heavy (non-hydrogen) atoms. The Bertz CT molecular complexity index is 578. The molecule has 0 radical (unpaired) electrons. The van der Waals surface area contributed by atoms with E-state index < -0.39 is 0 Å². The second kappa shape index (κ2) is 4.29. The van der Waals surface area contributed by atoms with Crippen LogP contribution >= 0.6 is 0 Å². The van der Waals surface area contributed by atoms with Gasteiger partial charge in [-0.1, -0.05) is 25.1 Å². The van der Waals surface area contributed by atoms with Crippen LogP contribution in [0, 0.1) is 11.8 Å². The van der Waals surface area contributed by atoms with Crippen LogP contribution in [0.15, 0.2) is 36.4 Å². The Morgan fingerprint density at radius 3 is 2.50 bits per heavy atom. The van der Waals surface area contributed by atoms with Gasteiger partial charge in [0.1, 0.15) is 5.75 Å². The standard InChI is InChI=1S/C16H19NO/c1-10-7-15(10)16(17)13-4-3-12-9-14(18-2)6-5-11(12)8-13/h3-6,8-10,15-16H,7,17H2,1-2H3. The molecule has 2 nitrogen and oxygen atoms in total. The van der Waals surface area contributed by atoms with Crippen molar-refractivity contribution in [1.29, 1.82) is 0 Å². The van der Waals surface area contributed by atoms with Crippen LogP contribution in [0.5, 0.6) is 5.75 Å². The summed E-state index contributed by atoms with van der Waals surface area (Å²) in [6.45, 7) is 2.27. The lowest BCUT2D eigenvalue weighted by Crippen LogP contribution is -2.13. The van der Waals surface area contributed by atoms with Gasteiger partial charge in [-0.2, -0.15) is 0 Å². The van der Waals surface area contributed by atoms with Gasteiger partial charge in [0.15, 0.2) is 0 Å². The first-order valence-corrected chi connectivity index (χ1v) is 6.52. The van der Waals surface area contributed by atoms with E-state index in [0.29, 0.717) is 5.92 Å². The molecule has 2 heteroatoms. The average molecular weight is 241 g/mol. The molecule has 94 valence electrons. The normalized spacial score (nSPS) is 23.9. The summed E-state index contributed by atoms with van der Waals surface area (Å²) in [6, 6.07) is 12.8. The number of ether oxygens (including phenoxy) is 1. The molecular weight excluding hydrogens is 222 g/mol. The van der Waals surface area contributed by atoms with Crippen molar-refractivity contribution < 1.29 is 4.74 Å². The van der Waals surface area contributed by atoms with Gasteiger partial charge in [-0.15, -0.1) is 0 Å². The number of nitrogens with two attached hydrogens (primary N) is 1. The predicted octanol–water partition coefficient (Wildman–Crippen LogP) is 3.50. The van der Waals surface area contributed by atoms with Crippen molar-refractivity contribution in [1.82, 2.24) is 0 Å². The Balaban J connectivity index is 1.96. The number of benzene rings is 2. The van der Waals surface area contributed by atoms with E-state index in [4.69, 9.17) is 10.5 Å². The molecule has 0 spiro atoms. The summed E-state index contributed by atoms with van der Waals surface area (Å²) in [5, 5.41) is 2.44. The van der Waals surface area contributed by atoms with Gasteiger partial charge >= 0.3 is 0 Å². The zero-order valence-electron chi connectivity index (χ0n) is 10.9. The SMILES string of the molecule is COc1ccc2cc(C(N)C3CC3C)ccc2c1. The molecule has 3 unspecified atom stereocenters. The van der Waals surface area contributed by atoms with Crippen LogP contribution in [0.1, 0.15) is 24.9 Å². The molecule has 0 amide bonds. The van der Waals surface area contributed by atoms with Crippen LogP contribution in [0.4, 0.5) is 0 Å². The largest absolute Gasteiger partial charge is 0.497 e. The van der Waals surface area contributed by atoms with Crippen LogP contribution in [0.2, 0.25) is 0 Å². The fourth-order valence-corrected chi connectivity index (χ4v) is 2.68. The van der Waals surface area contributed by atoms with Crippen LogP contribution in [-0.2, 0) is 0 Å². The molecule has 0 saturated heterocycles. The fourth-order valence-electron chi connectivity index (χ4n) is 2.68. The van der Waals surface area contributed by atoms with E-state index in [1.165, 1.54) is 22.8 Å². The second-order valence-corrected chi connectivity index (χ2v) is 5.38. The zero-order chi connectivity index (χ0) is 12.7. The van der Waals surface area contributed by atoms with Gasteiger partial charge in [0.25, 0.3) is 0 Å². The highest BCUT2D eigenvalue weighted by Crippen LogP contribution is 2.46. The molecule has 1 aliphatic rings. The second-order valence-electron chi connectivity index (χ2n) is 5.38. The summed E-state index contributed by atoms with van der Waals surface area (Å²) < 4.78 is 5.24. The first-order chi connectivity index (χ1) is 8.69. The molecule has 0 aliphatic heterocycles. The summed E-state index contributed by atoms with van der Waals surface area (Å²) in [5.41, 5.74) is 7.56. The average Bonchev–Trinajstić information content (AvgIpc) is 3.13. The Morgan fingerprint density at radius 1 is 1.17 bits per heavy atom. The lowest BCUT2D eigenvalue weighted by molar-refractivity contribution is 0.415. The molecule has 1 aliphatic carbocycles. The molecule has 0 bridgehead atoms. The fraction of sp³-hybridized carbons (Fsp3) is 0.375. The maximum atomic E-state index is 6.31. The minimum atomic E-state index is 0.187. The van der Waals surface area contributed by atoms with Crippen molar-refractivity contribution in [2.75, 3.05) is 7.11 Å². The first-order valence-electron chi connectivity index (χ1n) is 6.52. The Kier molecular flexibility index (Phi) is 2.75. The lowest BCUT2D eigenvalue weighted by atomic mass is 9.98. The first kappa shape index (κ1) is 11.5. The third kappa shape index (κ3) is 1.97. The quantitative estimate of drug-likeness (QED) is 0.892. The molecule has 3 rings (SSSR count). The third-order valence-corrected chi connectivity index (χ3v) is 4.09. The van der Waals surface area contributed by atoms with Gasteiger partial charge in [0.2, 0.25) is 0 Å². The molecule has 1 fully saturated rings. The predicted molar refractivity (Wildman–Crippen MR) is 74.7 cm³/mol. The molecule has 1 saturated carbocycles. The van der Waals surface area contributed by atoms with Gasteiger partial charge in [-0.3, -0.25) is 0 Å². The van der Waals surface area contributed by atoms with Crippen molar-refractivity contribution in [3.05, 3.63) is 42.0 Å². The summed E-state index contributed by atoms with van der Waals surface area (Å²) in [5.74, 6) is 2.35. The van der Waals surface area contributed by atoms with Crippen LogP contribution in [0.3, 0.4) is 0 Å². The van der Waals surface area contributed by atoms with Crippen molar-refractivity contribution >= 4 is 10.8 Å². The highest BCUT2D eigenvalue weighted by molar-refractivity contribution is 5.84. The van der Waals surface area contributed by atoms with Gasteiger partial charge < -0.3 is 10.5 Å². The van der Waals surface area contributed by atoms with Crippen molar-refractivity contribution in [3.8, 4) is 5.75 Å². The third-order valence-electron chi connectivity index (χ3n) is 4.09. The molecule has 0 aromatic heterocycles. The summed E-state index contributed by atoms with van der Waals surface area (Å²) in [4.78, 5) is 0. The minimum Gasteiger partial charge on any atom is -0.497 e. The molecule has 2 N–H and O–H groups in total. The molecular formula is C16H19NO. The smallest absolute Gasteiger partial charge is 0.119 e. The van der Waals surface area contributed by atoms with E-state index in [9.17, 15) is 0 Å². The number of hydrogen-bond acceptors (Lipinski definition) is 2.